The molecule has 1 aliphatic carbocycles. The quantitative estimate of drug-likeness (QED) is 0.901. The molecule has 0 radical (unpaired) electrons. The molecule has 19 heavy (non-hydrogen) atoms. The minimum absolute atomic E-state index is 0.430. The molecule has 1 N–H and O–H groups in total. The van der Waals surface area contributed by atoms with Crippen LogP contribution in [0.4, 0.5) is 0 Å². The van der Waals surface area contributed by atoms with Crippen LogP contribution in [0.3, 0.4) is 0 Å². The molecule has 0 bridgehead atoms. The number of nitrogens with zero attached hydrogens (tertiary/aromatic N) is 1. The standard InChI is InChI=1S/C16H22N2S/c1-12(2)16(8-9-16)11-17-15-18-14(10-19-15)13-6-4-3-5-7-13/h3-7,12,14H,8-11H2,1-2H3,(H,17,18). The summed E-state index contributed by atoms with van der Waals surface area (Å²) >= 11 is 1.86. The number of nitrogens with one attached hydrogen (secondary N) is 1. The van der Waals surface area contributed by atoms with Gasteiger partial charge in [-0.1, -0.05) is 55.9 Å². The zero-order chi connectivity index (χ0) is 13.3. The van der Waals surface area contributed by atoms with Crippen LogP contribution < -0.4 is 5.32 Å². The van der Waals surface area contributed by atoms with Crippen LogP contribution in [0, 0.1) is 11.3 Å². The molecule has 0 amide bonds. The summed E-state index contributed by atoms with van der Waals surface area (Å²) in [4.78, 5) is 4.82. The molecule has 2 fully saturated rings. The van der Waals surface area contributed by atoms with Crippen LogP contribution in [-0.2, 0) is 0 Å². The number of thioether (sulfide) groups is 1. The Labute approximate surface area is 120 Å². The Morgan fingerprint density at radius 2 is 2.05 bits per heavy atom. The van der Waals surface area contributed by atoms with E-state index in [1.165, 1.54) is 18.4 Å². The van der Waals surface area contributed by atoms with Crippen molar-refractivity contribution in [3.05, 3.63) is 35.9 Å². The van der Waals surface area contributed by atoms with Crippen molar-refractivity contribution in [1.29, 1.82) is 0 Å². The van der Waals surface area contributed by atoms with Gasteiger partial charge in [0.05, 0.1) is 6.04 Å². The molecule has 1 saturated heterocycles. The summed E-state index contributed by atoms with van der Waals surface area (Å²) in [6.45, 7) is 5.66. The molecule has 3 rings (SSSR count). The maximum Gasteiger partial charge on any atom is 0.157 e. The third-order valence-electron chi connectivity index (χ3n) is 4.54. The maximum atomic E-state index is 4.82. The summed E-state index contributed by atoms with van der Waals surface area (Å²) in [6.07, 6.45) is 2.71. The molecular formula is C16H22N2S. The Kier molecular flexibility index (Phi) is 3.57. The summed E-state index contributed by atoms with van der Waals surface area (Å²) in [5.41, 5.74) is 1.88. The third kappa shape index (κ3) is 2.81. The van der Waals surface area contributed by atoms with Gasteiger partial charge in [-0.05, 0) is 29.7 Å². The van der Waals surface area contributed by atoms with Gasteiger partial charge in [-0.2, -0.15) is 0 Å². The molecule has 1 aliphatic heterocycles. The molecule has 1 aromatic carbocycles. The second kappa shape index (κ2) is 5.20. The van der Waals surface area contributed by atoms with Gasteiger partial charge in [0.1, 0.15) is 0 Å². The van der Waals surface area contributed by atoms with Crippen LogP contribution in [0.25, 0.3) is 0 Å². The van der Waals surface area contributed by atoms with E-state index in [1.807, 2.05) is 11.8 Å². The summed E-state index contributed by atoms with van der Waals surface area (Å²) in [5, 5.41) is 4.70. The Hall–Kier alpha value is -0.960. The average molecular weight is 274 g/mol. The highest BCUT2D eigenvalue weighted by Gasteiger charge is 2.45. The average Bonchev–Trinajstić information content (AvgIpc) is 3.09. The fraction of sp³-hybridized carbons (Fsp3) is 0.562. The summed E-state index contributed by atoms with van der Waals surface area (Å²) in [7, 11) is 0. The van der Waals surface area contributed by atoms with Gasteiger partial charge in [0.25, 0.3) is 0 Å². The Morgan fingerprint density at radius 1 is 1.32 bits per heavy atom. The fourth-order valence-electron chi connectivity index (χ4n) is 2.66. The molecule has 1 unspecified atom stereocenters. The van der Waals surface area contributed by atoms with Crippen LogP contribution in [0.15, 0.2) is 35.3 Å². The van der Waals surface area contributed by atoms with Gasteiger partial charge in [0, 0.05) is 12.3 Å². The predicted octanol–water partition coefficient (Wildman–Crippen LogP) is 3.86. The van der Waals surface area contributed by atoms with Crippen molar-refractivity contribution in [2.75, 3.05) is 12.3 Å². The van der Waals surface area contributed by atoms with E-state index in [9.17, 15) is 0 Å². The van der Waals surface area contributed by atoms with E-state index in [4.69, 9.17) is 4.99 Å². The van der Waals surface area contributed by atoms with Crippen LogP contribution in [-0.4, -0.2) is 17.5 Å². The van der Waals surface area contributed by atoms with E-state index in [1.54, 1.807) is 0 Å². The molecule has 0 aromatic heterocycles. The highest BCUT2D eigenvalue weighted by atomic mass is 32.2. The molecule has 1 atom stereocenters. The normalized spacial score (nSPS) is 26.7. The van der Waals surface area contributed by atoms with E-state index in [0.29, 0.717) is 11.5 Å². The number of amidine groups is 1. The van der Waals surface area contributed by atoms with E-state index >= 15 is 0 Å². The van der Waals surface area contributed by atoms with Crippen molar-refractivity contribution in [2.45, 2.75) is 32.7 Å². The minimum atomic E-state index is 0.430. The lowest BCUT2D eigenvalue weighted by Gasteiger charge is -2.17. The molecule has 3 heteroatoms. The first-order valence-electron chi connectivity index (χ1n) is 7.18. The molecular weight excluding hydrogens is 252 g/mol. The summed E-state index contributed by atoms with van der Waals surface area (Å²) < 4.78 is 0. The van der Waals surface area contributed by atoms with Crippen LogP contribution in [0.2, 0.25) is 0 Å². The van der Waals surface area contributed by atoms with Crippen LogP contribution in [0.5, 0.6) is 0 Å². The number of benzene rings is 1. The van der Waals surface area contributed by atoms with Gasteiger partial charge < -0.3 is 5.32 Å². The number of aliphatic imine (C=N–C) groups is 1. The predicted molar refractivity (Wildman–Crippen MR) is 83.6 cm³/mol. The topological polar surface area (TPSA) is 24.4 Å². The number of hydrogen-bond acceptors (Lipinski definition) is 2. The zero-order valence-electron chi connectivity index (χ0n) is 11.7. The van der Waals surface area contributed by atoms with Gasteiger partial charge in [-0.15, -0.1) is 0 Å². The van der Waals surface area contributed by atoms with Crippen molar-refractivity contribution < 1.29 is 0 Å². The Morgan fingerprint density at radius 3 is 2.68 bits per heavy atom. The molecule has 2 aliphatic rings. The molecule has 1 saturated carbocycles. The van der Waals surface area contributed by atoms with Gasteiger partial charge in [0.15, 0.2) is 5.17 Å². The van der Waals surface area contributed by atoms with E-state index in [2.05, 4.69) is 49.5 Å². The van der Waals surface area contributed by atoms with Gasteiger partial charge in [-0.25, -0.2) is 0 Å². The van der Waals surface area contributed by atoms with E-state index < -0.39 is 0 Å². The fourth-order valence-corrected chi connectivity index (χ4v) is 3.64. The monoisotopic (exact) mass is 274 g/mol. The lowest BCUT2D eigenvalue weighted by atomic mass is 9.93. The van der Waals surface area contributed by atoms with Crippen LogP contribution >= 0.6 is 11.8 Å². The lowest BCUT2D eigenvalue weighted by molar-refractivity contribution is 0.371. The molecule has 1 heterocycles. The second-order valence-electron chi connectivity index (χ2n) is 6.06. The number of hydrogen-bond donors (Lipinski definition) is 1. The summed E-state index contributed by atoms with van der Waals surface area (Å²) in [6, 6.07) is 11.1. The van der Waals surface area contributed by atoms with Crippen molar-refractivity contribution in [3.8, 4) is 0 Å². The molecule has 1 aromatic rings. The van der Waals surface area contributed by atoms with Gasteiger partial charge in [0.2, 0.25) is 0 Å². The highest BCUT2D eigenvalue weighted by molar-refractivity contribution is 8.14. The first kappa shape index (κ1) is 13.0. The SMILES string of the molecule is CC(C)C1(CN=C2NC(c3ccccc3)CS2)CC1. The molecule has 0 spiro atoms. The zero-order valence-corrected chi connectivity index (χ0v) is 12.5. The largest absolute Gasteiger partial charge is 0.357 e. The van der Waals surface area contributed by atoms with E-state index in [0.717, 1.165) is 23.4 Å². The van der Waals surface area contributed by atoms with Gasteiger partial charge >= 0.3 is 0 Å². The van der Waals surface area contributed by atoms with Crippen molar-refractivity contribution >= 4 is 16.9 Å². The summed E-state index contributed by atoms with van der Waals surface area (Å²) in [5.74, 6) is 1.85. The molecule has 2 nitrogen and oxygen atoms in total. The Bertz CT molecular complexity index is 463. The van der Waals surface area contributed by atoms with Crippen molar-refractivity contribution in [1.82, 2.24) is 5.32 Å². The van der Waals surface area contributed by atoms with Gasteiger partial charge in [-0.3, -0.25) is 4.99 Å². The third-order valence-corrected chi connectivity index (χ3v) is 5.56. The highest BCUT2D eigenvalue weighted by Crippen LogP contribution is 2.52. The lowest BCUT2D eigenvalue weighted by Crippen LogP contribution is -2.21. The second-order valence-corrected chi connectivity index (χ2v) is 7.07. The first-order valence-corrected chi connectivity index (χ1v) is 8.17. The molecule has 102 valence electrons. The van der Waals surface area contributed by atoms with Crippen molar-refractivity contribution in [2.24, 2.45) is 16.3 Å². The minimum Gasteiger partial charge on any atom is -0.357 e. The van der Waals surface area contributed by atoms with Crippen LogP contribution in [0.1, 0.15) is 38.3 Å². The Balaban J connectivity index is 1.60. The smallest absolute Gasteiger partial charge is 0.157 e. The first-order chi connectivity index (χ1) is 9.20. The van der Waals surface area contributed by atoms with Crippen molar-refractivity contribution in [3.63, 3.8) is 0 Å². The van der Waals surface area contributed by atoms with E-state index in [-0.39, 0.29) is 0 Å². The number of rotatable bonds is 4. The maximum absolute atomic E-state index is 4.82.